The number of benzene rings is 1. The van der Waals surface area contributed by atoms with Crippen molar-refractivity contribution < 1.29 is 18.7 Å². The number of anilines is 1. The van der Waals surface area contributed by atoms with E-state index in [0.717, 1.165) is 23.1 Å². The normalized spacial score (nSPS) is 9.93. The molecule has 0 saturated heterocycles. The van der Waals surface area contributed by atoms with Crippen LogP contribution >= 0.6 is 0 Å². The van der Waals surface area contributed by atoms with E-state index < -0.39 is 17.7 Å². The molecule has 0 atom stereocenters. The summed E-state index contributed by atoms with van der Waals surface area (Å²) >= 11 is 0. The molecule has 3 nitrogen and oxygen atoms in total. The van der Waals surface area contributed by atoms with Crippen molar-refractivity contribution in [2.75, 3.05) is 11.4 Å². The van der Waals surface area contributed by atoms with E-state index >= 15 is 0 Å². The zero-order chi connectivity index (χ0) is 10.7. The third-order valence-corrected chi connectivity index (χ3v) is 1.75. The molecule has 0 unspecified atom stereocenters. The molecule has 1 rings (SSSR count). The quantitative estimate of drug-likeness (QED) is 0.798. The highest BCUT2D eigenvalue weighted by Gasteiger charge is 2.16. The lowest BCUT2D eigenvalue weighted by atomic mass is 10.2. The van der Waals surface area contributed by atoms with E-state index in [1.807, 2.05) is 0 Å². The summed E-state index contributed by atoms with van der Waals surface area (Å²) in [6.07, 6.45) is -1.31. The maximum atomic E-state index is 13.1. The molecule has 14 heavy (non-hydrogen) atoms. The van der Waals surface area contributed by atoms with Gasteiger partial charge >= 0.3 is 6.09 Å². The first-order chi connectivity index (χ1) is 6.56. The van der Waals surface area contributed by atoms with Crippen molar-refractivity contribution in [2.45, 2.75) is 6.92 Å². The molecule has 0 saturated carbocycles. The largest absolute Gasteiger partial charge is 0.465 e. The number of hydrogen-bond acceptors (Lipinski definition) is 1. The van der Waals surface area contributed by atoms with Crippen molar-refractivity contribution in [3.63, 3.8) is 0 Å². The van der Waals surface area contributed by atoms with Crippen molar-refractivity contribution in [3.05, 3.63) is 29.8 Å². The Bertz CT molecular complexity index is 355. The Morgan fingerprint density at radius 2 is 2.14 bits per heavy atom. The lowest BCUT2D eigenvalue weighted by molar-refractivity contribution is 0.202. The Morgan fingerprint density at radius 3 is 2.64 bits per heavy atom. The summed E-state index contributed by atoms with van der Waals surface area (Å²) in [4.78, 5) is 11.4. The maximum Gasteiger partial charge on any atom is 0.411 e. The van der Waals surface area contributed by atoms with Crippen molar-refractivity contribution >= 4 is 11.8 Å². The number of halogens is 2. The Balaban J connectivity index is 3.15. The zero-order valence-corrected chi connectivity index (χ0v) is 7.50. The van der Waals surface area contributed by atoms with Gasteiger partial charge in [0.05, 0.1) is 5.69 Å². The zero-order valence-electron chi connectivity index (χ0n) is 7.50. The van der Waals surface area contributed by atoms with Gasteiger partial charge in [-0.25, -0.2) is 13.6 Å². The van der Waals surface area contributed by atoms with Crippen LogP contribution in [0.15, 0.2) is 18.2 Å². The fourth-order valence-corrected chi connectivity index (χ4v) is 1.10. The van der Waals surface area contributed by atoms with E-state index in [2.05, 4.69) is 0 Å². The van der Waals surface area contributed by atoms with Crippen LogP contribution in [0.25, 0.3) is 0 Å². The van der Waals surface area contributed by atoms with Crippen molar-refractivity contribution in [3.8, 4) is 0 Å². The van der Waals surface area contributed by atoms with E-state index in [4.69, 9.17) is 5.11 Å². The summed E-state index contributed by atoms with van der Waals surface area (Å²) in [5, 5.41) is 8.68. The number of carbonyl (C=O) groups is 1. The minimum atomic E-state index is -1.31. The van der Waals surface area contributed by atoms with Crippen LogP contribution < -0.4 is 4.90 Å². The van der Waals surface area contributed by atoms with Gasteiger partial charge in [0.2, 0.25) is 0 Å². The second-order valence-electron chi connectivity index (χ2n) is 2.62. The predicted octanol–water partition coefficient (Wildman–Crippen LogP) is 2.47. The molecule has 0 bridgehead atoms. The number of nitrogens with zero attached hydrogens (tertiary/aromatic N) is 1. The van der Waals surface area contributed by atoms with E-state index in [1.165, 1.54) is 0 Å². The molecule has 1 N–H and O–H groups in total. The van der Waals surface area contributed by atoms with E-state index in [9.17, 15) is 13.6 Å². The Hall–Kier alpha value is -1.65. The summed E-state index contributed by atoms with van der Waals surface area (Å²) < 4.78 is 25.8. The summed E-state index contributed by atoms with van der Waals surface area (Å²) in [6.45, 7) is 1.61. The molecule has 1 aromatic rings. The topological polar surface area (TPSA) is 40.5 Å². The minimum absolute atomic E-state index is 0.0652. The van der Waals surface area contributed by atoms with Crippen LogP contribution in [0.5, 0.6) is 0 Å². The monoisotopic (exact) mass is 201 g/mol. The third-order valence-electron chi connectivity index (χ3n) is 1.75. The Labute approximate surface area is 79.6 Å². The third kappa shape index (κ3) is 1.99. The molecule has 1 amide bonds. The lowest BCUT2D eigenvalue weighted by Crippen LogP contribution is -2.29. The molecule has 76 valence electrons. The number of hydrogen-bond donors (Lipinski definition) is 1. The van der Waals surface area contributed by atoms with Crippen LogP contribution in [0.3, 0.4) is 0 Å². The van der Waals surface area contributed by atoms with Gasteiger partial charge in [-0.15, -0.1) is 0 Å². The second-order valence-corrected chi connectivity index (χ2v) is 2.62. The standard InChI is InChI=1S/C9H9F2NO2/c1-2-12(9(13)14)8-5-6(10)3-4-7(8)11/h3-5H,2H2,1H3,(H,13,14). The van der Waals surface area contributed by atoms with Crippen molar-refractivity contribution in [1.29, 1.82) is 0 Å². The lowest BCUT2D eigenvalue weighted by Gasteiger charge is -2.17. The van der Waals surface area contributed by atoms with Crippen LogP contribution in [-0.2, 0) is 0 Å². The first-order valence-corrected chi connectivity index (χ1v) is 4.01. The van der Waals surface area contributed by atoms with E-state index in [1.54, 1.807) is 6.92 Å². The number of rotatable bonds is 2. The molecular formula is C9H9F2NO2. The van der Waals surface area contributed by atoms with Gasteiger partial charge in [-0.05, 0) is 19.1 Å². The molecule has 0 heterocycles. The van der Waals surface area contributed by atoms with Gasteiger partial charge in [-0.2, -0.15) is 0 Å². The van der Waals surface area contributed by atoms with Gasteiger partial charge in [0.25, 0.3) is 0 Å². The number of amides is 1. The molecule has 0 aliphatic rings. The molecular weight excluding hydrogens is 192 g/mol. The van der Waals surface area contributed by atoms with Crippen LogP contribution in [0.1, 0.15) is 6.92 Å². The molecule has 0 fully saturated rings. The van der Waals surface area contributed by atoms with Gasteiger partial charge < -0.3 is 5.11 Å². The molecule has 1 aromatic carbocycles. The highest BCUT2D eigenvalue weighted by Crippen LogP contribution is 2.20. The predicted molar refractivity (Wildman–Crippen MR) is 47.4 cm³/mol. The van der Waals surface area contributed by atoms with Crippen molar-refractivity contribution in [2.24, 2.45) is 0 Å². The molecule has 0 aliphatic carbocycles. The van der Waals surface area contributed by atoms with Gasteiger partial charge in [-0.1, -0.05) is 0 Å². The van der Waals surface area contributed by atoms with Crippen LogP contribution in [0, 0.1) is 11.6 Å². The van der Waals surface area contributed by atoms with Gasteiger partial charge in [-0.3, -0.25) is 4.90 Å². The SMILES string of the molecule is CCN(C(=O)O)c1cc(F)ccc1F. The summed E-state index contributed by atoms with van der Waals surface area (Å²) in [5.41, 5.74) is -0.264. The average molecular weight is 201 g/mol. The first-order valence-electron chi connectivity index (χ1n) is 4.01. The van der Waals surface area contributed by atoms with Crippen LogP contribution in [0.4, 0.5) is 19.3 Å². The van der Waals surface area contributed by atoms with Crippen molar-refractivity contribution in [1.82, 2.24) is 0 Å². The van der Waals surface area contributed by atoms with Gasteiger partial charge in [0.1, 0.15) is 11.6 Å². The maximum absolute atomic E-state index is 13.1. The Morgan fingerprint density at radius 1 is 1.50 bits per heavy atom. The molecule has 0 spiro atoms. The highest BCUT2D eigenvalue weighted by molar-refractivity contribution is 5.86. The van der Waals surface area contributed by atoms with Gasteiger partial charge in [0, 0.05) is 12.6 Å². The fourth-order valence-electron chi connectivity index (χ4n) is 1.10. The minimum Gasteiger partial charge on any atom is -0.465 e. The summed E-state index contributed by atoms with van der Waals surface area (Å²) in [6, 6.07) is 2.69. The first kappa shape index (κ1) is 10.4. The molecule has 0 aromatic heterocycles. The smallest absolute Gasteiger partial charge is 0.411 e. The van der Waals surface area contributed by atoms with E-state index in [0.29, 0.717) is 0 Å². The summed E-state index contributed by atoms with van der Waals surface area (Å²) in [7, 11) is 0. The highest BCUT2D eigenvalue weighted by atomic mass is 19.1. The molecule has 0 aliphatic heterocycles. The fraction of sp³-hybridized carbons (Fsp3) is 0.222. The van der Waals surface area contributed by atoms with Gasteiger partial charge in [0.15, 0.2) is 0 Å². The Kier molecular flexibility index (Phi) is 3.01. The second kappa shape index (κ2) is 4.04. The number of carboxylic acid groups (broad SMARTS) is 1. The van der Waals surface area contributed by atoms with E-state index in [-0.39, 0.29) is 12.2 Å². The molecule has 0 radical (unpaired) electrons. The van der Waals surface area contributed by atoms with Crippen LogP contribution in [-0.4, -0.2) is 17.7 Å². The summed E-state index contributed by atoms with van der Waals surface area (Å²) in [5.74, 6) is -1.42. The van der Waals surface area contributed by atoms with Crippen LogP contribution in [0.2, 0.25) is 0 Å². The average Bonchev–Trinajstić information content (AvgIpc) is 2.11. The molecule has 5 heteroatoms.